The van der Waals surface area contributed by atoms with Gasteiger partial charge in [0.2, 0.25) is 11.9 Å². The van der Waals surface area contributed by atoms with E-state index in [9.17, 15) is 4.79 Å². The minimum absolute atomic E-state index is 0. The average Bonchev–Trinajstić information content (AvgIpc) is 2.61. The third-order valence-corrected chi connectivity index (χ3v) is 2.77. The van der Waals surface area contributed by atoms with E-state index in [0.717, 1.165) is 31.8 Å². The Kier molecular flexibility index (Phi) is 7.20. The van der Waals surface area contributed by atoms with Crippen molar-refractivity contribution in [3.05, 3.63) is 5.82 Å². The van der Waals surface area contributed by atoms with Crippen molar-refractivity contribution < 1.29 is 4.79 Å². The number of aryl methyl sites for hydroxylation is 1. The molecule has 1 saturated heterocycles. The van der Waals surface area contributed by atoms with Gasteiger partial charge in [0.05, 0.1) is 0 Å². The lowest BCUT2D eigenvalue weighted by Crippen LogP contribution is -2.27. The third-order valence-electron chi connectivity index (χ3n) is 2.77. The summed E-state index contributed by atoms with van der Waals surface area (Å²) in [6.07, 6.45) is 2.12. The Morgan fingerprint density at radius 3 is 2.56 bits per heavy atom. The van der Waals surface area contributed by atoms with Gasteiger partial charge in [-0.3, -0.25) is 10.1 Å². The number of carbonyl (C=O) groups excluding carboxylic acids is 1. The van der Waals surface area contributed by atoms with Gasteiger partial charge >= 0.3 is 0 Å². The number of hydrogen-bond acceptors (Lipinski definition) is 4. The fourth-order valence-corrected chi connectivity index (χ4v) is 1.92. The van der Waals surface area contributed by atoms with Gasteiger partial charge in [-0.1, -0.05) is 0 Å². The summed E-state index contributed by atoms with van der Waals surface area (Å²) in [5, 5.41) is 10.3. The molecular formula is C10H19Cl2N5O. The quantitative estimate of drug-likeness (QED) is 0.857. The first-order valence-electron chi connectivity index (χ1n) is 5.56. The van der Waals surface area contributed by atoms with E-state index < -0.39 is 0 Å². The van der Waals surface area contributed by atoms with Gasteiger partial charge in [0.15, 0.2) is 5.82 Å². The first-order chi connectivity index (χ1) is 7.66. The lowest BCUT2D eigenvalue weighted by atomic mass is 9.98. The van der Waals surface area contributed by atoms with Crippen LogP contribution in [0.4, 0.5) is 5.95 Å². The zero-order valence-corrected chi connectivity index (χ0v) is 12.1. The van der Waals surface area contributed by atoms with E-state index in [1.54, 1.807) is 11.7 Å². The Balaban J connectivity index is 0.00000144. The maximum Gasteiger partial charge on any atom is 0.227 e. The van der Waals surface area contributed by atoms with E-state index in [1.807, 2.05) is 0 Å². The summed E-state index contributed by atoms with van der Waals surface area (Å²) in [5.74, 6) is 1.66. The Morgan fingerprint density at radius 1 is 1.39 bits per heavy atom. The second-order valence-electron chi connectivity index (χ2n) is 4.12. The van der Waals surface area contributed by atoms with Gasteiger partial charge in [0.1, 0.15) is 0 Å². The van der Waals surface area contributed by atoms with Crippen LogP contribution in [0.2, 0.25) is 0 Å². The number of anilines is 1. The highest BCUT2D eigenvalue weighted by Gasteiger charge is 2.20. The molecule has 1 amide bonds. The molecule has 1 aliphatic rings. The molecule has 8 heteroatoms. The van der Waals surface area contributed by atoms with E-state index in [-0.39, 0.29) is 30.7 Å². The van der Waals surface area contributed by atoms with E-state index in [4.69, 9.17) is 0 Å². The number of rotatable bonds is 2. The summed E-state index contributed by atoms with van der Waals surface area (Å²) >= 11 is 0. The van der Waals surface area contributed by atoms with Gasteiger partial charge < -0.3 is 5.32 Å². The van der Waals surface area contributed by atoms with E-state index in [1.165, 1.54) is 6.92 Å². The van der Waals surface area contributed by atoms with Crippen molar-refractivity contribution in [3.63, 3.8) is 0 Å². The second kappa shape index (κ2) is 7.56. The van der Waals surface area contributed by atoms with Crippen LogP contribution in [0.5, 0.6) is 0 Å². The van der Waals surface area contributed by atoms with Crippen LogP contribution in [0.3, 0.4) is 0 Å². The number of nitrogens with one attached hydrogen (secondary N) is 2. The molecule has 2 rings (SSSR count). The second-order valence-corrected chi connectivity index (χ2v) is 4.12. The largest absolute Gasteiger partial charge is 0.317 e. The molecule has 0 bridgehead atoms. The predicted molar refractivity (Wildman–Crippen MR) is 74.6 cm³/mol. The third kappa shape index (κ3) is 4.12. The zero-order valence-electron chi connectivity index (χ0n) is 10.5. The smallest absolute Gasteiger partial charge is 0.227 e. The molecular weight excluding hydrogens is 277 g/mol. The topological polar surface area (TPSA) is 71.8 Å². The Labute approximate surface area is 119 Å². The van der Waals surface area contributed by atoms with Gasteiger partial charge in [0, 0.05) is 19.9 Å². The van der Waals surface area contributed by atoms with Crippen LogP contribution in [0, 0.1) is 0 Å². The summed E-state index contributed by atoms with van der Waals surface area (Å²) in [6, 6.07) is 0. The highest BCUT2D eigenvalue weighted by molar-refractivity contribution is 5.86. The standard InChI is InChI=1S/C10H17N5O.2ClH/c1-7(16)12-10-13-9(14-15(10)2)8-3-5-11-6-4-8;;/h8,11H,3-6H2,1-2H3,(H,12,13,14,16);2*1H. The number of aromatic nitrogens is 3. The van der Waals surface area contributed by atoms with Gasteiger partial charge in [-0.15, -0.1) is 24.8 Å². The monoisotopic (exact) mass is 295 g/mol. The van der Waals surface area contributed by atoms with Crippen LogP contribution < -0.4 is 10.6 Å². The summed E-state index contributed by atoms with van der Waals surface area (Å²) in [4.78, 5) is 15.3. The van der Waals surface area contributed by atoms with Gasteiger partial charge in [0.25, 0.3) is 0 Å². The first-order valence-corrected chi connectivity index (χ1v) is 5.56. The molecule has 0 saturated carbocycles. The van der Waals surface area contributed by atoms with Gasteiger partial charge in [-0.25, -0.2) is 4.68 Å². The number of hydrogen-bond donors (Lipinski definition) is 2. The van der Waals surface area contributed by atoms with E-state index >= 15 is 0 Å². The SMILES string of the molecule is CC(=O)Nc1nc(C2CCNCC2)nn1C.Cl.Cl. The lowest BCUT2D eigenvalue weighted by Gasteiger charge is -2.19. The van der Waals surface area contributed by atoms with Crippen LogP contribution in [-0.2, 0) is 11.8 Å². The molecule has 0 spiro atoms. The highest BCUT2D eigenvalue weighted by atomic mass is 35.5. The zero-order chi connectivity index (χ0) is 11.5. The van der Waals surface area contributed by atoms with Crippen LogP contribution in [0.1, 0.15) is 31.5 Å². The van der Waals surface area contributed by atoms with E-state index in [2.05, 4.69) is 20.7 Å². The summed E-state index contributed by atoms with van der Waals surface area (Å²) in [6.45, 7) is 3.50. The molecule has 2 heterocycles. The maximum atomic E-state index is 10.9. The maximum absolute atomic E-state index is 10.9. The molecule has 0 unspecified atom stereocenters. The fraction of sp³-hybridized carbons (Fsp3) is 0.700. The number of amides is 1. The van der Waals surface area contributed by atoms with Gasteiger partial charge in [-0.2, -0.15) is 10.1 Å². The molecule has 1 aromatic heterocycles. The number of carbonyl (C=O) groups is 1. The van der Waals surface area contributed by atoms with Crippen molar-refractivity contribution in [3.8, 4) is 0 Å². The van der Waals surface area contributed by atoms with Crippen LogP contribution in [0.15, 0.2) is 0 Å². The summed E-state index contributed by atoms with van der Waals surface area (Å²) < 4.78 is 1.62. The molecule has 1 fully saturated rings. The summed E-state index contributed by atoms with van der Waals surface area (Å²) in [5.41, 5.74) is 0. The molecule has 0 atom stereocenters. The predicted octanol–water partition coefficient (Wildman–Crippen LogP) is 1.08. The molecule has 0 aliphatic carbocycles. The van der Waals surface area contributed by atoms with Crippen LogP contribution >= 0.6 is 24.8 Å². The molecule has 18 heavy (non-hydrogen) atoms. The Hall–Kier alpha value is -0.850. The lowest BCUT2D eigenvalue weighted by molar-refractivity contribution is -0.114. The van der Waals surface area contributed by atoms with Crippen molar-refractivity contribution in [2.24, 2.45) is 7.05 Å². The molecule has 1 aliphatic heterocycles. The van der Waals surface area contributed by atoms with E-state index in [0.29, 0.717) is 11.9 Å². The average molecular weight is 296 g/mol. The summed E-state index contributed by atoms with van der Waals surface area (Å²) in [7, 11) is 1.79. The van der Waals surface area contributed by atoms with Crippen molar-refractivity contribution in [1.82, 2.24) is 20.1 Å². The molecule has 0 radical (unpaired) electrons. The number of piperidine rings is 1. The molecule has 6 nitrogen and oxygen atoms in total. The van der Waals surface area contributed by atoms with Crippen molar-refractivity contribution in [2.45, 2.75) is 25.7 Å². The molecule has 2 N–H and O–H groups in total. The highest BCUT2D eigenvalue weighted by Crippen LogP contribution is 2.23. The van der Waals surface area contributed by atoms with Crippen LogP contribution in [0.25, 0.3) is 0 Å². The minimum atomic E-state index is -0.118. The number of nitrogens with zero attached hydrogens (tertiary/aromatic N) is 3. The Morgan fingerprint density at radius 2 is 2.00 bits per heavy atom. The van der Waals surface area contributed by atoms with Crippen molar-refractivity contribution >= 4 is 36.7 Å². The molecule has 0 aromatic carbocycles. The van der Waals surface area contributed by atoms with Gasteiger partial charge in [-0.05, 0) is 25.9 Å². The number of halogens is 2. The minimum Gasteiger partial charge on any atom is -0.317 e. The first kappa shape index (κ1) is 17.2. The van der Waals surface area contributed by atoms with Crippen molar-refractivity contribution in [1.29, 1.82) is 0 Å². The normalized spacial score (nSPS) is 15.4. The van der Waals surface area contributed by atoms with Crippen LogP contribution in [-0.4, -0.2) is 33.8 Å². The fourth-order valence-electron chi connectivity index (χ4n) is 1.92. The van der Waals surface area contributed by atoms with Crippen molar-refractivity contribution in [2.75, 3.05) is 18.4 Å². The molecule has 1 aromatic rings. The Bertz CT molecular complexity index is 390. The molecule has 104 valence electrons.